The van der Waals surface area contributed by atoms with Gasteiger partial charge in [0, 0.05) is 12.1 Å². The van der Waals surface area contributed by atoms with Crippen molar-refractivity contribution >= 4 is 33.1 Å². The Labute approximate surface area is 130 Å². The number of benzene rings is 1. The van der Waals surface area contributed by atoms with E-state index in [9.17, 15) is 13.2 Å². The topological polar surface area (TPSA) is 106 Å². The van der Waals surface area contributed by atoms with Gasteiger partial charge in [-0.15, -0.1) is 0 Å². The SMILES string of the molecule is CCCCN(CC(N)=O)S(=O)(=O)c1cccc(C(N)=S)c1. The van der Waals surface area contributed by atoms with E-state index in [-0.39, 0.29) is 23.0 Å². The molecule has 6 nitrogen and oxygen atoms in total. The molecule has 116 valence electrons. The number of carbonyl (C=O) groups is 1. The number of thiocarbonyl (C=S) groups is 1. The highest BCUT2D eigenvalue weighted by atomic mass is 32.2. The maximum Gasteiger partial charge on any atom is 0.243 e. The summed E-state index contributed by atoms with van der Waals surface area (Å²) >= 11 is 4.85. The highest BCUT2D eigenvalue weighted by molar-refractivity contribution is 7.89. The molecule has 21 heavy (non-hydrogen) atoms. The Morgan fingerprint density at radius 3 is 2.52 bits per heavy atom. The van der Waals surface area contributed by atoms with Gasteiger partial charge in [-0.1, -0.05) is 37.7 Å². The third kappa shape index (κ3) is 4.76. The number of hydrogen-bond acceptors (Lipinski definition) is 4. The largest absolute Gasteiger partial charge is 0.389 e. The van der Waals surface area contributed by atoms with E-state index < -0.39 is 15.9 Å². The van der Waals surface area contributed by atoms with E-state index in [0.717, 1.165) is 10.7 Å². The lowest BCUT2D eigenvalue weighted by Gasteiger charge is -2.20. The number of nitrogens with zero attached hydrogens (tertiary/aromatic N) is 1. The van der Waals surface area contributed by atoms with Crippen molar-refractivity contribution in [3.8, 4) is 0 Å². The van der Waals surface area contributed by atoms with E-state index in [2.05, 4.69) is 0 Å². The van der Waals surface area contributed by atoms with Crippen molar-refractivity contribution < 1.29 is 13.2 Å². The molecule has 1 rings (SSSR count). The summed E-state index contributed by atoms with van der Waals surface area (Å²) in [5, 5.41) is 0. The van der Waals surface area contributed by atoms with Crippen LogP contribution in [0.25, 0.3) is 0 Å². The highest BCUT2D eigenvalue weighted by Crippen LogP contribution is 2.17. The number of rotatable bonds is 8. The molecule has 0 fully saturated rings. The molecule has 1 aromatic carbocycles. The monoisotopic (exact) mass is 329 g/mol. The summed E-state index contributed by atoms with van der Waals surface area (Å²) in [7, 11) is -3.81. The van der Waals surface area contributed by atoms with E-state index in [1.54, 1.807) is 12.1 Å². The third-order valence-corrected chi connectivity index (χ3v) is 4.93. The number of unbranched alkanes of at least 4 members (excludes halogenated alkanes) is 1. The van der Waals surface area contributed by atoms with Gasteiger partial charge in [0.05, 0.1) is 11.4 Å². The van der Waals surface area contributed by atoms with Gasteiger partial charge in [-0.05, 0) is 18.6 Å². The van der Waals surface area contributed by atoms with Crippen molar-refractivity contribution in [3.05, 3.63) is 29.8 Å². The molecule has 8 heteroatoms. The van der Waals surface area contributed by atoms with Crippen LogP contribution in [-0.4, -0.2) is 36.7 Å². The molecule has 0 heterocycles. The Bertz CT molecular complexity index is 629. The highest BCUT2D eigenvalue weighted by Gasteiger charge is 2.25. The minimum atomic E-state index is -3.81. The predicted molar refractivity (Wildman–Crippen MR) is 85.2 cm³/mol. The second-order valence-electron chi connectivity index (χ2n) is 4.55. The van der Waals surface area contributed by atoms with E-state index in [1.807, 2.05) is 6.92 Å². The molecule has 1 amide bonds. The third-order valence-electron chi connectivity index (χ3n) is 2.85. The van der Waals surface area contributed by atoms with Gasteiger partial charge in [-0.2, -0.15) is 4.31 Å². The molecular weight excluding hydrogens is 310 g/mol. The first kappa shape index (κ1) is 17.5. The van der Waals surface area contributed by atoms with Crippen LogP contribution in [0.15, 0.2) is 29.2 Å². The number of sulfonamides is 1. The summed E-state index contributed by atoms with van der Waals surface area (Å²) in [4.78, 5) is 11.3. The standard InChI is InChI=1S/C13H19N3O3S2/c1-2-3-7-16(9-12(14)17)21(18,19)11-6-4-5-10(8-11)13(15)20/h4-6,8H,2-3,7,9H2,1H3,(H2,14,17)(H2,15,20). The average molecular weight is 329 g/mol. The lowest BCUT2D eigenvalue weighted by molar-refractivity contribution is -0.118. The van der Waals surface area contributed by atoms with Crippen LogP contribution in [-0.2, 0) is 14.8 Å². The van der Waals surface area contributed by atoms with Gasteiger partial charge in [0.15, 0.2) is 0 Å². The molecule has 0 aliphatic rings. The molecule has 0 bridgehead atoms. The summed E-state index contributed by atoms with van der Waals surface area (Å²) in [6.07, 6.45) is 1.44. The zero-order valence-corrected chi connectivity index (χ0v) is 13.4. The molecule has 4 N–H and O–H groups in total. The molecule has 0 radical (unpaired) electrons. The molecule has 0 saturated heterocycles. The molecule has 0 saturated carbocycles. The second-order valence-corrected chi connectivity index (χ2v) is 6.93. The van der Waals surface area contributed by atoms with Gasteiger partial charge in [-0.3, -0.25) is 4.79 Å². The Morgan fingerprint density at radius 1 is 1.33 bits per heavy atom. The van der Waals surface area contributed by atoms with Crippen molar-refractivity contribution in [2.24, 2.45) is 11.5 Å². The van der Waals surface area contributed by atoms with Gasteiger partial charge >= 0.3 is 0 Å². The van der Waals surface area contributed by atoms with Gasteiger partial charge < -0.3 is 11.5 Å². The maximum absolute atomic E-state index is 12.6. The lowest BCUT2D eigenvalue weighted by atomic mass is 10.2. The van der Waals surface area contributed by atoms with Crippen molar-refractivity contribution in [2.75, 3.05) is 13.1 Å². The van der Waals surface area contributed by atoms with Crippen LogP contribution in [0, 0.1) is 0 Å². The molecule has 0 unspecified atom stereocenters. The van der Waals surface area contributed by atoms with Gasteiger partial charge in [-0.25, -0.2) is 8.42 Å². The molecule has 0 aliphatic carbocycles. The molecule has 0 atom stereocenters. The van der Waals surface area contributed by atoms with Crippen molar-refractivity contribution in [2.45, 2.75) is 24.7 Å². The molecule has 0 aromatic heterocycles. The van der Waals surface area contributed by atoms with Gasteiger partial charge in [0.25, 0.3) is 0 Å². The summed E-state index contributed by atoms with van der Waals surface area (Å²) in [6.45, 7) is 1.82. The molecule has 0 spiro atoms. The first-order chi connectivity index (χ1) is 9.78. The Balaban J connectivity index is 3.17. The summed E-state index contributed by atoms with van der Waals surface area (Å²) < 4.78 is 26.2. The molecular formula is C13H19N3O3S2. The van der Waals surface area contributed by atoms with Crippen LogP contribution in [0.3, 0.4) is 0 Å². The van der Waals surface area contributed by atoms with Gasteiger partial charge in [0.2, 0.25) is 15.9 Å². The lowest BCUT2D eigenvalue weighted by Crippen LogP contribution is -2.39. The number of primary amides is 1. The van der Waals surface area contributed by atoms with E-state index in [0.29, 0.717) is 12.0 Å². The fraction of sp³-hybridized carbons (Fsp3) is 0.385. The minimum absolute atomic E-state index is 0.0464. The van der Waals surface area contributed by atoms with Crippen molar-refractivity contribution in [1.82, 2.24) is 4.31 Å². The van der Waals surface area contributed by atoms with E-state index >= 15 is 0 Å². The van der Waals surface area contributed by atoms with Crippen LogP contribution >= 0.6 is 12.2 Å². The van der Waals surface area contributed by atoms with Crippen LogP contribution in [0.2, 0.25) is 0 Å². The number of carbonyl (C=O) groups excluding carboxylic acids is 1. The Hall–Kier alpha value is -1.51. The van der Waals surface area contributed by atoms with Crippen LogP contribution in [0.5, 0.6) is 0 Å². The first-order valence-corrected chi connectivity index (χ1v) is 8.32. The fourth-order valence-electron chi connectivity index (χ4n) is 1.75. The molecule has 1 aromatic rings. The zero-order valence-electron chi connectivity index (χ0n) is 11.8. The average Bonchev–Trinajstić information content (AvgIpc) is 2.43. The van der Waals surface area contributed by atoms with Crippen molar-refractivity contribution in [3.63, 3.8) is 0 Å². The molecule has 0 aliphatic heterocycles. The minimum Gasteiger partial charge on any atom is -0.389 e. The first-order valence-electron chi connectivity index (χ1n) is 6.47. The Morgan fingerprint density at radius 2 is 2.00 bits per heavy atom. The smallest absolute Gasteiger partial charge is 0.243 e. The fourth-order valence-corrected chi connectivity index (χ4v) is 3.37. The van der Waals surface area contributed by atoms with E-state index in [1.165, 1.54) is 12.1 Å². The number of amides is 1. The quantitative estimate of drug-likeness (QED) is 0.679. The maximum atomic E-state index is 12.6. The second kappa shape index (κ2) is 7.48. The predicted octanol–water partition coefficient (Wildman–Crippen LogP) is 0.597. The Kier molecular flexibility index (Phi) is 6.25. The van der Waals surface area contributed by atoms with Crippen LogP contribution in [0.1, 0.15) is 25.3 Å². The summed E-state index contributed by atoms with van der Waals surface area (Å²) in [6, 6.07) is 6.03. The van der Waals surface area contributed by atoms with Crippen LogP contribution < -0.4 is 11.5 Å². The summed E-state index contributed by atoms with van der Waals surface area (Å²) in [5.41, 5.74) is 11.1. The zero-order chi connectivity index (χ0) is 16.0. The number of hydrogen-bond donors (Lipinski definition) is 2. The van der Waals surface area contributed by atoms with E-state index in [4.69, 9.17) is 23.7 Å². The van der Waals surface area contributed by atoms with Crippen LogP contribution in [0.4, 0.5) is 0 Å². The summed E-state index contributed by atoms with van der Waals surface area (Å²) in [5.74, 6) is -0.694. The van der Waals surface area contributed by atoms with Crippen molar-refractivity contribution in [1.29, 1.82) is 0 Å². The van der Waals surface area contributed by atoms with Gasteiger partial charge in [0.1, 0.15) is 4.99 Å². The normalized spacial score (nSPS) is 11.5. The number of nitrogens with two attached hydrogens (primary N) is 2.